The van der Waals surface area contributed by atoms with Crippen molar-refractivity contribution in [2.45, 2.75) is 37.8 Å². The zero-order valence-electron chi connectivity index (χ0n) is 20.6. The Bertz CT molecular complexity index is 1450. The lowest BCUT2D eigenvalue weighted by Gasteiger charge is -2.28. The van der Waals surface area contributed by atoms with Crippen LogP contribution in [0.1, 0.15) is 24.8 Å². The Morgan fingerprint density at radius 2 is 2.05 bits per heavy atom. The highest BCUT2D eigenvalue weighted by atomic mass is 35.5. The van der Waals surface area contributed by atoms with Gasteiger partial charge in [0.15, 0.2) is 5.13 Å². The number of ether oxygens (including phenoxy) is 1. The third-order valence-electron chi connectivity index (χ3n) is 6.99. The molecule has 2 aromatic heterocycles. The molecule has 0 radical (unpaired) electrons. The van der Waals surface area contributed by atoms with Gasteiger partial charge in [0.2, 0.25) is 16.8 Å². The highest BCUT2D eigenvalue weighted by Crippen LogP contribution is 2.36. The van der Waals surface area contributed by atoms with Gasteiger partial charge >= 0.3 is 5.97 Å². The number of nitrogen functional groups attached to an aromatic ring is 1. The van der Waals surface area contributed by atoms with Gasteiger partial charge in [0.25, 0.3) is 0 Å². The summed E-state index contributed by atoms with van der Waals surface area (Å²) >= 11 is 7.77. The molecule has 5 rings (SSSR count). The number of thiol groups is 1. The number of hydrogen-bond donors (Lipinski definition) is 2. The Morgan fingerprint density at radius 1 is 1.29 bits per heavy atom. The quantitative estimate of drug-likeness (QED) is 0.304. The van der Waals surface area contributed by atoms with Gasteiger partial charge < -0.3 is 20.3 Å². The number of benzene rings is 1. The maximum atomic E-state index is 13.6. The molecule has 2 fully saturated rings. The van der Waals surface area contributed by atoms with Crippen molar-refractivity contribution in [1.82, 2.24) is 14.9 Å². The number of carbonyl (C=O) groups is 2. The molecule has 2 atom stereocenters. The van der Waals surface area contributed by atoms with Gasteiger partial charge in [-0.05, 0) is 48.4 Å². The van der Waals surface area contributed by atoms with Gasteiger partial charge in [-0.3, -0.25) is 4.79 Å². The van der Waals surface area contributed by atoms with Crippen LogP contribution in [0.15, 0.2) is 30.6 Å². The van der Waals surface area contributed by atoms with Crippen molar-refractivity contribution in [3.63, 3.8) is 0 Å². The fraction of sp³-hybridized carbons (Fsp3) is 0.417. The average Bonchev–Trinajstić information content (AvgIpc) is 3.66. The van der Waals surface area contributed by atoms with Gasteiger partial charge in [0.05, 0.1) is 13.3 Å². The minimum atomic E-state index is -3.13. The van der Waals surface area contributed by atoms with E-state index in [4.69, 9.17) is 22.1 Å². The summed E-state index contributed by atoms with van der Waals surface area (Å²) < 4.78 is 30.8. The molecule has 38 heavy (non-hydrogen) atoms. The fourth-order valence-corrected chi connectivity index (χ4v) is 7.22. The number of aromatic nitrogens is 2. The van der Waals surface area contributed by atoms with Gasteiger partial charge in [-0.25, -0.2) is 27.5 Å². The smallest absolute Gasteiger partial charge is 0.328 e. The Morgan fingerprint density at radius 3 is 2.76 bits per heavy atom. The van der Waals surface area contributed by atoms with Gasteiger partial charge in [-0.1, -0.05) is 22.9 Å². The van der Waals surface area contributed by atoms with E-state index in [0.717, 1.165) is 40.8 Å². The zero-order valence-corrected chi connectivity index (χ0v) is 23.0. The highest BCUT2D eigenvalue weighted by molar-refractivity contribution is 7.74. The van der Waals surface area contributed by atoms with Gasteiger partial charge in [-0.15, -0.1) is 0 Å². The van der Waals surface area contributed by atoms with Crippen LogP contribution in [0.4, 0.5) is 16.0 Å². The minimum Gasteiger partial charge on any atom is -0.467 e. The third-order valence-corrected chi connectivity index (χ3v) is 9.38. The van der Waals surface area contributed by atoms with Gasteiger partial charge in [0.1, 0.15) is 22.9 Å². The first kappa shape index (κ1) is 26.4. The fourth-order valence-electron chi connectivity index (χ4n) is 5.07. The van der Waals surface area contributed by atoms with E-state index >= 15 is 0 Å². The van der Waals surface area contributed by atoms with Crippen molar-refractivity contribution in [3.05, 3.63) is 41.2 Å². The normalized spacial score (nSPS) is 18.5. The Hall–Kier alpha value is -3.16. The van der Waals surface area contributed by atoms with E-state index in [1.165, 1.54) is 29.5 Å². The van der Waals surface area contributed by atoms with E-state index in [-0.39, 0.29) is 19.4 Å². The molecular weight excluding hydrogens is 552 g/mol. The first-order valence-corrected chi connectivity index (χ1v) is 14.5. The molecule has 4 heterocycles. The molecule has 1 aromatic carbocycles. The summed E-state index contributed by atoms with van der Waals surface area (Å²) in [7, 11) is -1.88. The van der Waals surface area contributed by atoms with Crippen molar-refractivity contribution in [3.8, 4) is 0 Å². The number of halogens is 1. The summed E-state index contributed by atoms with van der Waals surface area (Å²) in [5.41, 5.74) is 6.59. The molecular formula is C24H27ClN6O5S2. The monoisotopic (exact) mass is 578 g/mol. The van der Waals surface area contributed by atoms with Gasteiger partial charge in [0, 0.05) is 42.7 Å². The number of nitrogens with two attached hydrogens (primary N) is 1. The largest absolute Gasteiger partial charge is 0.467 e. The molecule has 11 nitrogen and oxygen atoms in total. The standard InChI is InChI=1S/C24H27ClN6O5S2/c1-36-23(33)19(11-15-10-14-4-6-27-21(26)16(14)12-17(15)25)30-9-5-18(22(30)32)31(38(34)35)20-13-28-24(37-20)29-7-2-3-8-29/h4,6,10,12-13,18-19,38H,2-3,5,7-9,11H2,1H3,(H2,26,27)/t18-,19+/m0/s1. The van der Waals surface area contributed by atoms with Crippen LogP contribution in [-0.2, 0) is 31.6 Å². The molecule has 0 saturated carbocycles. The second kappa shape index (κ2) is 10.9. The molecule has 2 aliphatic rings. The van der Waals surface area contributed by atoms with Crippen LogP contribution in [0.3, 0.4) is 0 Å². The summed E-state index contributed by atoms with van der Waals surface area (Å²) in [6.45, 7) is 1.92. The first-order chi connectivity index (χ1) is 18.3. The van der Waals surface area contributed by atoms with Crippen molar-refractivity contribution < 1.29 is 22.7 Å². The zero-order chi connectivity index (χ0) is 27.0. The number of likely N-dealkylation sites (tertiary alicyclic amines) is 1. The molecule has 202 valence electrons. The summed E-state index contributed by atoms with van der Waals surface area (Å²) in [5, 5.41) is 2.95. The second-order valence-electron chi connectivity index (χ2n) is 9.20. The molecule has 0 bridgehead atoms. The van der Waals surface area contributed by atoms with Crippen LogP contribution in [0.2, 0.25) is 5.02 Å². The number of amides is 1. The SMILES string of the molecule is COC(=O)[C@@H](Cc1cc2ccnc(N)c2cc1Cl)N1CC[C@H](N(c2cnc(N3CCCC3)s2)[SH](=O)=O)C1=O. The number of fused-ring (bicyclic) bond motifs is 1. The molecule has 0 spiro atoms. The van der Waals surface area contributed by atoms with E-state index in [1.54, 1.807) is 18.3 Å². The van der Waals surface area contributed by atoms with Crippen LogP contribution >= 0.6 is 22.9 Å². The highest BCUT2D eigenvalue weighted by Gasteiger charge is 2.44. The average molecular weight is 579 g/mol. The van der Waals surface area contributed by atoms with E-state index in [2.05, 4.69) is 14.9 Å². The predicted molar refractivity (Wildman–Crippen MR) is 147 cm³/mol. The number of esters is 1. The van der Waals surface area contributed by atoms with Crippen LogP contribution in [0.5, 0.6) is 0 Å². The lowest BCUT2D eigenvalue weighted by molar-refractivity contribution is -0.151. The van der Waals surface area contributed by atoms with E-state index in [0.29, 0.717) is 26.8 Å². The number of rotatable bonds is 8. The summed E-state index contributed by atoms with van der Waals surface area (Å²) in [5.74, 6) is -0.751. The van der Waals surface area contributed by atoms with Crippen molar-refractivity contribution in [2.75, 3.05) is 41.7 Å². The number of hydrogen-bond acceptors (Lipinski definition) is 10. The van der Waals surface area contributed by atoms with Crippen LogP contribution in [0.25, 0.3) is 10.8 Å². The lowest BCUT2D eigenvalue weighted by Crippen LogP contribution is -2.48. The molecule has 2 saturated heterocycles. The first-order valence-electron chi connectivity index (χ1n) is 12.1. The van der Waals surface area contributed by atoms with E-state index in [9.17, 15) is 18.0 Å². The molecule has 14 heteroatoms. The van der Waals surface area contributed by atoms with Gasteiger partial charge in [-0.2, -0.15) is 0 Å². The minimum absolute atomic E-state index is 0.0886. The van der Waals surface area contributed by atoms with E-state index < -0.39 is 34.9 Å². The van der Waals surface area contributed by atoms with Crippen molar-refractivity contribution in [1.29, 1.82) is 0 Å². The Kier molecular flexibility index (Phi) is 7.59. The van der Waals surface area contributed by atoms with Crippen LogP contribution < -0.4 is 14.9 Å². The molecule has 0 unspecified atom stereocenters. The number of pyridine rings is 1. The predicted octanol–water partition coefficient (Wildman–Crippen LogP) is 2.25. The molecule has 2 aliphatic heterocycles. The Balaban J connectivity index is 1.41. The molecule has 0 aliphatic carbocycles. The molecule has 1 amide bonds. The maximum absolute atomic E-state index is 13.6. The summed E-state index contributed by atoms with van der Waals surface area (Å²) in [6, 6.07) is 3.31. The number of methoxy groups -OCH3 is 1. The van der Waals surface area contributed by atoms with Crippen LogP contribution in [-0.4, -0.2) is 74.0 Å². The maximum Gasteiger partial charge on any atom is 0.328 e. The van der Waals surface area contributed by atoms with Crippen molar-refractivity contribution in [2.24, 2.45) is 0 Å². The number of carbonyl (C=O) groups excluding carboxylic acids is 2. The molecule has 3 aromatic rings. The molecule has 2 N–H and O–H groups in total. The second-order valence-corrected chi connectivity index (χ2v) is 11.5. The number of anilines is 3. The summed E-state index contributed by atoms with van der Waals surface area (Å²) in [4.78, 5) is 38.4. The lowest BCUT2D eigenvalue weighted by atomic mass is 10.0. The van der Waals surface area contributed by atoms with Crippen molar-refractivity contribution >= 4 is 72.4 Å². The third kappa shape index (κ3) is 4.97. The summed E-state index contributed by atoms with van der Waals surface area (Å²) in [6.07, 6.45) is 5.50. The number of nitrogens with zero attached hydrogens (tertiary/aromatic N) is 5. The van der Waals surface area contributed by atoms with E-state index in [1.807, 2.05) is 6.07 Å². The topological polar surface area (TPSA) is 139 Å². The van der Waals surface area contributed by atoms with Crippen LogP contribution in [0, 0.1) is 0 Å². The number of thiazole rings is 1. The Labute approximate surface area is 230 Å².